The fourth-order valence-electron chi connectivity index (χ4n) is 2.78. The molecule has 4 nitrogen and oxygen atoms in total. The van der Waals surface area contributed by atoms with Gasteiger partial charge < -0.3 is 14.8 Å². The molecule has 0 heterocycles. The lowest BCUT2D eigenvalue weighted by Gasteiger charge is -2.19. The van der Waals surface area contributed by atoms with E-state index in [9.17, 15) is 9.18 Å². The summed E-state index contributed by atoms with van der Waals surface area (Å²) >= 11 is 0. The van der Waals surface area contributed by atoms with Crippen LogP contribution in [0.1, 0.15) is 30.9 Å². The monoisotopic (exact) mass is 343 g/mol. The van der Waals surface area contributed by atoms with Crippen LogP contribution in [0, 0.1) is 11.7 Å². The van der Waals surface area contributed by atoms with Crippen molar-refractivity contribution in [2.75, 3.05) is 13.7 Å². The second-order valence-corrected chi connectivity index (χ2v) is 6.18. The molecule has 5 heteroatoms. The minimum absolute atomic E-state index is 0.00636. The molecule has 0 aliphatic heterocycles. The summed E-state index contributed by atoms with van der Waals surface area (Å²) in [5.41, 5.74) is 1.08. The number of carbonyl (C=O) groups excluding carboxylic acids is 1. The second-order valence-electron chi connectivity index (χ2n) is 6.18. The molecule has 132 valence electrons. The molecular formula is C20H22FNO3. The fraction of sp³-hybridized carbons (Fsp3) is 0.350. The Labute approximate surface area is 147 Å². The molecule has 0 spiro atoms. The third-order valence-electron chi connectivity index (χ3n) is 4.31. The summed E-state index contributed by atoms with van der Waals surface area (Å²) < 4.78 is 24.0. The van der Waals surface area contributed by atoms with Gasteiger partial charge in [0.25, 0.3) is 0 Å². The highest BCUT2D eigenvalue weighted by Gasteiger charge is 2.33. The van der Waals surface area contributed by atoms with Gasteiger partial charge in [0, 0.05) is 0 Å². The zero-order chi connectivity index (χ0) is 17.6. The topological polar surface area (TPSA) is 47.6 Å². The standard InChI is InChI=1S/C20H22FNO3/c1-24-16-10-8-15(9-11-16)20(14-6-7-14)22-19(23)12-13-25-18-5-3-2-4-17(18)21/h2-5,8-11,14,20H,6-7,12-13H2,1H3,(H,22,23). The summed E-state index contributed by atoms with van der Waals surface area (Å²) in [5.74, 6) is 0.929. The van der Waals surface area contributed by atoms with E-state index in [1.54, 1.807) is 25.3 Å². The predicted molar refractivity (Wildman–Crippen MR) is 93.1 cm³/mol. The Morgan fingerprint density at radius 1 is 1.20 bits per heavy atom. The van der Waals surface area contributed by atoms with E-state index in [0.29, 0.717) is 5.92 Å². The third kappa shape index (κ3) is 4.72. The molecule has 1 amide bonds. The minimum atomic E-state index is -0.419. The molecule has 2 aromatic carbocycles. The number of rotatable bonds is 8. The number of benzene rings is 2. The van der Waals surface area contributed by atoms with Crippen molar-refractivity contribution in [3.63, 3.8) is 0 Å². The molecule has 0 radical (unpaired) electrons. The molecule has 0 aromatic heterocycles. The number of ether oxygens (including phenoxy) is 2. The van der Waals surface area contributed by atoms with Gasteiger partial charge in [-0.05, 0) is 48.6 Å². The number of hydrogen-bond acceptors (Lipinski definition) is 3. The van der Waals surface area contributed by atoms with Crippen molar-refractivity contribution in [1.29, 1.82) is 0 Å². The van der Waals surface area contributed by atoms with E-state index < -0.39 is 5.82 Å². The van der Waals surface area contributed by atoms with Gasteiger partial charge in [-0.3, -0.25) is 4.79 Å². The first kappa shape index (κ1) is 17.3. The molecular weight excluding hydrogens is 321 g/mol. The molecule has 1 aliphatic rings. The highest BCUT2D eigenvalue weighted by atomic mass is 19.1. The zero-order valence-corrected chi connectivity index (χ0v) is 14.2. The van der Waals surface area contributed by atoms with E-state index in [-0.39, 0.29) is 30.7 Å². The molecule has 1 unspecified atom stereocenters. The smallest absolute Gasteiger partial charge is 0.223 e. The van der Waals surface area contributed by atoms with Crippen LogP contribution in [-0.4, -0.2) is 19.6 Å². The van der Waals surface area contributed by atoms with Gasteiger partial charge in [0.2, 0.25) is 5.91 Å². The first-order chi connectivity index (χ1) is 12.2. The number of methoxy groups -OCH3 is 1. The lowest BCUT2D eigenvalue weighted by Crippen LogP contribution is -2.30. The molecule has 25 heavy (non-hydrogen) atoms. The van der Waals surface area contributed by atoms with Crippen LogP contribution in [0.25, 0.3) is 0 Å². The summed E-state index contributed by atoms with van der Waals surface area (Å²) in [5, 5.41) is 3.08. The number of hydrogen-bond donors (Lipinski definition) is 1. The van der Waals surface area contributed by atoms with Crippen molar-refractivity contribution in [3.05, 3.63) is 59.9 Å². The molecule has 1 saturated carbocycles. The first-order valence-electron chi connectivity index (χ1n) is 8.48. The molecule has 2 aromatic rings. The van der Waals surface area contributed by atoms with Crippen molar-refractivity contribution >= 4 is 5.91 Å². The lowest BCUT2D eigenvalue weighted by atomic mass is 10.0. The van der Waals surface area contributed by atoms with E-state index in [1.807, 2.05) is 24.3 Å². The molecule has 1 atom stereocenters. The van der Waals surface area contributed by atoms with Crippen molar-refractivity contribution < 1.29 is 18.7 Å². The highest BCUT2D eigenvalue weighted by molar-refractivity contribution is 5.76. The number of nitrogens with one attached hydrogen (secondary N) is 1. The predicted octanol–water partition coefficient (Wildman–Crippen LogP) is 3.87. The quantitative estimate of drug-likeness (QED) is 0.791. The first-order valence-corrected chi connectivity index (χ1v) is 8.48. The van der Waals surface area contributed by atoms with Crippen LogP contribution in [-0.2, 0) is 4.79 Å². The second kappa shape index (κ2) is 8.01. The van der Waals surface area contributed by atoms with Gasteiger partial charge in [0.15, 0.2) is 11.6 Å². The molecule has 1 fully saturated rings. The lowest BCUT2D eigenvalue weighted by molar-refractivity contribution is -0.122. The Morgan fingerprint density at radius 2 is 1.92 bits per heavy atom. The fourth-order valence-corrected chi connectivity index (χ4v) is 2.78. The summed E-state index contributed by atoms with van der Waals surface area (Å²) in [6, 6.07) is 14.0. The Balaban J connectivity index is 1.53. The van der Waals surface area contributed by atoms with Crippen LogP contribution in [0.3, 0.4) is 0 Å². The van der Waals surface area contributed by atoms with E-state index in [0.717, 1.165) is 24.2 Å². The van der Waals surface area contributed by atoms with E-state index in [2.05, 4.69) is 5.32 Å². The maximum atomic E-state index is 13.5. The molecule has 1 aliphatic carbocycles. The minimum Gasteiger partial charge on any atom is -0.497 e. The average Bonchev–Trinajstić information content (AvgIpc) is 3.46. The van der Waals surface area contributed by atoms with Crippen molar-refractivity contribution in [2.45, 2.75) is 25.3 Å². The van der Waals surface area contributed by atoms with Crippen LogP contribution < -0.4 is 14.8 Å². The van der Waals surface area contributed by atoms with Gasteiger partial charge in [-0.15, -0.1) is 0 Å². The zero-order valence-electron chi connectivity index (χ0n) is 14.2. The summed E-state index contributed by atoms with van der Waals surface area (Å²) in [6.45, 7) is 0.146. The van der Waals surface area contributed by atoms with E-state index >= 15 is 0 Å². The number of amides is 1. The Kier molecular flexibility index (Phi) is 5.53. The summed E-state index contributed by atoms with van der Waals surface area (Å²) in [6.07, 6.45) is 2.42. The molecule has 1 N–H and O–H groups in total. The highest BCUT2D eigenvalue weighted by Crippen LogP contribution is 2.41. The summed E-state index contributed by atoms with van der Waals surface area (Å²) in [7, 11) is 1.63. The molecule has 0 bridgehead atoms. The van der Waals surface area contributed by atoms with Gasteiger partial charge in [-0.1, -0.05) is 24.3 Å². The largest absolute Gasteiger partial charge is 0.497 e. The third-order valence-corrected chi connectivity index (χ3v) is 4.31. The average molecular weight is 343 g/mol. The van der Waals surface area contributed by atoms with Gasteiger partial charge in [-0.2, -0.15) is 0 Å². The van der Waals surface area contributed by atoms with Crippen molar-refractivity contribution in [1.82, 2.24) is 5.32 Å². The number of halogens is 1. The maximum absolute atomic E-state index is 13.5. The number of para-hydroxylation sites is 1. The van der Waals surface area contributed by atoms with Gasteiger partial charge >= 0.3 is 0 Å². The van der Waals surface area contributed by atoms with Crippen molar-refractivity contribution in [2.24, 2.45) is 5.92 Å². The van der Waals surface area contributed by atoms with Crippen LogP contribution in [0.2, 0.25) is 0 Å². The van der Waals surface area contributed by atoms with Gasteiger partial charge in [-0.25, -0.2) is 4.39 Å². The van der Waals surface area contributed by atoms with Crippen LogP contribution in [0.15, 0.2) is 48.5 Å². The Morgan fingerprint density at radius 3 is 2.56 bits per heavy atom. The van der Waals surface area contributed by atoms with E-state index in [4.69, 9.17) is 9.47 Å². The SMILES string of the molecule is COc1ccc(C(NC(=O)CCOc2ccccc2F)C2CC2)cc1. The maximum Gasteiger partial charge on any atom is 0.223 e. The van der Waals surface area contributed by atoms with E-state index in [1.165, 1.54) is 6.07 Å². The summed E-state index contributed by atoms with van der Waals surface area (Å²) in [4.78, 5) is 12.2. The normalized spacial score (nSPS) is 14.6. The van der Waals surface area contributed by atoms with Crippen LogP contribution >= 0.6 is 0 Å². The molecule has 3 rings (SSSR count). The molecule has 0 saturated heterocycles. The number of carbonyl (C=O) groups is 1. The van der Waals surface area contributed by atoms with Crippen LogP contribution in [0.5, 0.6) is 11.5 Å². The van der Waals surface area contributed by atoms with Crippen molar-refractivity contribution in [3.8, 4) is 11.5 Å². The van der Waals surface area contributed by atoms with Gasteiger partial charge in [0.1, 0.15) is 5.75 Å². The van der Waals surface area contributed by atoms with Crippen LogP contribution in [0.4, 0.5) is 4.39 Å². The Bertz CT molecular complexity index is 713. The Hall–Kier alpha value is -2.56. The van der Waals surface area contributed by atoms with Gasteiger partial charge in [0.05, 0.1) is 26.2 Å².